The van der Waals surface area contributed by atoms with Gasteiger partial charge in [-0.3, -0.25) is 4.79 Å². The number of hydrogen-bond donors (Lipinski definition) is 2. The van der Waals surface area contributed by atoms with Crippen LogP contribution in [0.2, 0.25) is 5.02 Å². The van der Waals surface area contributed by atoms with Gasteiger partial charge in [0.2, 0.25) is 5.13 Å². The summed E-state index contributed by atoms with van der Waals surface area (Å²) in [7, 11) is 0. The minimum atomic E-state index is -0.908. The van der Waals surface area contributed by atoms with Crippen LogP contribution >= 0.6 is 34.7 Å². The molecule has 1 aromatic carbocycles. The molecule has 0 spiro atoms. The Balaban J connectivity index is 2.07. The molecule has 0 radical (unpaired) electrons. The minimum Gasteiger partial charge on any atom is -0.481 e. The van der Waals surface area contributed by atoms with Crippen molar-refractivity contribution in [2.75, 3.05) is 11.1 Å². The molecule has 0 aliphatic heterocycles. The van der Waals surface area contributed by atoms with Gasteiger partial charge in [-0.2, -0.15) is 5.26 Å². The van der Waals surface area contributed by atoms with Crippen LogP contribution in [0.3, 0.4) is 0 Å². The second-order valence-corrected chi connectivity index (χ2v) is 6.09. The first-order valence-corrected chi connectivity index (χ1v) is 7.41. The van der Waals surface area contributed by atoms with Crippen molar-refractivity contribution in [1.29, 1.82) is 5.26 Å². The number of rotatable bonds is 5. The SMILES string of the molecule is N#Cc1ccc(Nc2nnc(SCC(=O)O)s2)c(Cl)c1. The molecule has 1 heterocycles. The molecule has 102 valence electrons. The Kier molecular flexibility index (Phi) is 4.79. The lowest BCUT2D eigenvalue weighted by Gasteiger charge is -2.04. The molecule has 0 fully saturated rings. The van der Waals surface area contributed by atoms with Gasteiger partial charge < -0.3 is 10.4 Å². The molecule has 0 aliphatic rings. The largest absolute Gasteiger partial charge is 0.481 e. The smallest absolute Gasteiger partial charge is 0.313 e. The van der Waals surface area contributed by atoms with E-state index >= 15 is 0 Å². The van der Waals surface area contributed by atoms with Crippen molar-refractivity contribution >= 4 is 51.5 Å². The van der Waals surface area contributed by atoms with Crippen LogP contribution in [-0.4, -0.2) is 27.0 Å². The van der Waals surface area contributed by atoms with Crippen molar-refractivity contribution in [3.05, 3.63) is 28.8 Å². The molecular weight excluding hydrogens is 320 g/mol. The quantitative estimate of drug-likeness (QED) is 0.815. The Morgan fingerprint density at radius 1 is 1.55 bits per heavy atom. The first-order valence-electron chi connectivity index (χ1n) is 5.23. The number of aliphatic carboxylic acids is 1. The molecule has 2 N–H and O–H groups in total. The molecule has 0 saturated carbocycles. The second kappa shape index (κ2) is 6.56. The predicted molar refractivity (Wildman–Crippen MR) is 77.7 cm³/mol. The van der Waals surface area contributed by atoms with E-state index in [2.05, 4.69) is 15.5 Å². The molecule has 0 bridgehead atoms. The number of anilines is 2. The standard InChI is InChI=1S/C11H7ClN4O2S2/c12-7-3-6(4-13)1-2-8(7)14-10-15-16-11(20-10)19-5-9(17)18/h1-3H,5H2,(H,14,15)(H,17,18). The highest BCUT2D eigenvalue weighted by molar-refractivity contribution is 8.01. The maximum atomic E-state index is 10.5. The Bertz CT molecular complexity index is 683. The fourth-order valence-corrected chi connectivity index (χ4v) is 2.96. The molecule has 2 rings (SSSR count). The number of nitriles is 1. The maximum absolute atomic E-state index is 10.5. The van der Waals surface area contributed by atoms with Gasteiger partial charge in [-0.1, -0.05) is 34.7 Å². The van der Waals surface area contributed by atoms with E-state index in [9.17, 15) is 4.79 Å². The lowest BCUT2D eigenvalue weighted by Crippen LogP contribution is -1.96. The van der Waals surface area contributed by atoms with Crippen LogP contribution in [0.25, 0.3) is 0 Å². The lowest BCUT2D eigenvalue weighted by atomic mass is 10.2. The van der Waals surface area contributed by atoms with Gasteiger partial charge in [-0.05, 0) is 18.2 Å². The van der Waals surface area contributed by atoms with Gasteiger partial charge in [0.05, 0.1) is 28.1 Å². The number of hydrogen-bond acceptors (Lipinski definition) is 7. The molecule has 2 aromatic rings. The summed E-state index contributed by atoms with van der Waals surface area (Å²) in [4.78, 5) is 10.5. The van der Waals surface area contributed by atoms with E-state index in [4.69, 9.17) is 22.0 Å². The van der Waals surface area contributed by atoms with Crippen LogP contribution in [0, 0.1) is 11.3 Å². The third kappa shape index (κ3) is 3.84. The third-order valence-corrected chi connectivity index (χ3v) is 4.33. The van der Waals surface area contributed by atoms with E-state index in [-0.39, 0.29) is 5.75 Å². The number of nitrogens with zero attached hydrogens (tertiary/aromatic N) is 3. The van der Waals surface area contributed by atoms with Crippen LogP contribution in [0.4, 0.5) is 10.8 Å². The zero-order chi connectivity index (χ0) is 14.5. The third-order valence-electron chi connectivity index (χ3n) is 2.07. The van der Waals surface area contributed by atoms with E-state index in [1.807, 2.05) is 6.07 Å². The van der Waals surface area contributed by atoms with Crippen molar-refractivity contribution in [3.63, 3.8) is 0 Å². The monoisotopic (exact) mass is 326 g/mol. The van der Waals surface area contributed by atoms with Crippen LogP contribution < -0.4 is 5.32 Å². The number of benzene rings is 1. The Hall–Kier alpha value is -1.82. The molecular formula is C11H7ClN4O2S2. The van der Waals surface area contributed by atoms with Crippen molar-refractivity contribution in [2.24, 2.45) is 0 Å². The van der Waals surface area contributed by atoms with Gasteiger partial charge in [0, 0.05) is 0 Å². The Morgan fingerprint density at radius 2 is 2.35 bits per heavy atom. The van der Waals surface area contributed by atoms with Crippen LogP contribution in [-0.2, 0) is 4.79 Å². The van der Waals surface area contributed by atoms with Gasteiger partial charge in [-0.25, -0.2) is 0 Å². The fourth-order valence-electron chi connectivity index (χ4n) is 1.24. The highest BCUT2D eigenvalue weighted by Crippen LogP contribution is 2.30. The first kappa shape index (κ1) is 14.6. The molecule has 0 aliphatic carbocycles. The molecule has 6 nitrogen and oxygen atoms in total. The van der Waals surface area contributed by atoms with Crippen LogP contribution in [0.1, 0.15) is 5.56 Å². The first-order chi connectivity index (χ1) is 9.58. The fraction of sp³-hybridized carbons (Fsp3) is 0.0909. The van der Waals surface area contributed by atoms with Gasteiger partial charge >= 0.3 is 5.97 Å². The van der Waals surface area contributed by atoms with E-state index < -0.39 is 5.97 Å². The number of thioether (sulfide) groups is 1. The lowest BCUT2D eigenvalue weighted by molar-refractivity contribution is -0.133. The summed E-state index contributed by atoms with van der Waals surface area (Å²) < 4.78 is 0.555. The summed E-state index contributed by atoms with van der Waals surface area (Å²) in [6.07, 6.45) is 0. The molecule has 9 heteroatoms. The van der Waals surface area contributed by atoms with Crippen LogP contribution in [0.5, 0.6) is 0 Å². The number of halogens is 1. The zero-order valence-corrected chi connectivity index (χ0v) is 12.2. The van der Waals surface area contributed by atoms with Gasteiger partial charge in [-0.15, -0.1) is 10.2 Å². The van der Waals surface area contributed by atoms with Gasteiger partial charge in [0.15, 0.2) is 4.34 Å². The van der Waals surface area contributed by atoms with Gasteiger partial charge in [0.1, 0.15) is 0 Å². The highest BCUT2D eigenvalue weighted by Gasteiger charge is 2.09. The van der Waals surface area contributed by atoms with Crippen molar-refractivity contribution in [2.45, 2.75) is 4.34 Å². The zero-order valence-electron chi connectivity index (χ0n) is 9.83. The normalized spacial score (nSPS) is 10.0. The number of carbonyl (C=O) groups is 1. The topological polar surface area (TPSA) is 98.9 Å². The number of aromatic nitrogens is 2. The van der Waals surface area contributed by atoms with E-state index in [0.29, 0.717) is 25.7 Å². The summed E-state index contributed by atoms with van der Waals surface area (Å²) >= 11 is 8.36. The van der Waals surface area contributed by atoms with E-state index in [1.54, 1.807) is 18.2 Å². The summed E-state index contributed by atoms with van der Waals surface area (Å²) in [5.41, 5.74) is 1.08. The molecule has 0 atom stereocenters. The van der Waals surface area contributed by atoms with Gasteiger partial charge in [0.25, 0.3) is 0 Å². The number of carboxylic acid groups (broad SMARTS) is 1. The Labute approximate surface area is 127 Å². The molecule has 0 unspecified atom stereocenters. The average Bonchev–Trinajstić information content (AvgIpc) is 2.86. The summed E-state index contributed by atoms with van der Waals surface area (Å²) in [5, 5.41) is 29.0. The molecule has 1 aromatic heterocycles. The van der Waals surface area contributed by atoms with E-state index in [1.165, 1.54) is 11.3 Å². The average molecular weight is 327 g/mol. The Morgan fingerprint density at radius 3 is 3.00 bits per heavy atom. The highest BCUT2D eigenvalue weighted by atomic mass is 35.5. The number of carboxylic acids is 1. The number of nitrogens with one attached hydrogen (secondary N) is 1. The molecule has 20 heavy (non-hydrogen) atoms. The van der Waals surface area contributed by atoms with E-state index in [0.717, 1.165) is 11.8 Å². The summed E-state index contributed by atoms with van der Waals surface area (Å²) in [5.74, 6) is -0.971. The summed E-state index contributed by atoms with van der Waals surface area (Å²) in [6, 6.07) is 6.85. The van der Waals surface area contributed by atoms with Crippen molar-refractivity contribution < 1.29 is 9.90 Å². The minimum absolute atomic E-state index is 0.0632. The second-order valence-electron chi connectivity index (χ2n) is 3.49. The van der Waals surface area contributed by atoms with Crippen molar-refractivity contribution in [3.8, 4) is 6.07 Å². The van der Waals surface area contributed by atoms with Crippen molar-refractivity contribution in [1.82, 2.24) is 10.2 Å². The predicted octanol–water partition coefficient (Wildman–Crippen LogP) is 2.98. The maximum Gasteiger partial charge on any atom is 0.313 e. The molecule has 0 amide bonds. The summed E-state index contributed by atoms with van der Waals surface area (Å²) in [6.45, 7) is 0. The molecule has 0 saturated heterocycles. The van der Waals surface area contributed by atoms with Crippen LogP contribution in [0.15, 0.2) is 22.5 Å².